The Labute approximate surface area is 214 Å². The summed E-state index contributed by atoms with van der Waals surface area (Å²) in [5, 5.41) is 3.23. The van der Waals surface area contributed by atoms with Crippen LogP contribution < -0.4 is 10.0 Å². The van der Waals surface area contributed by atoms with Crippen molar-refractivity contribution in [1.82, 2.24) is 14.3 Å². The average Bonchev–Trinajstić information content (AvgIpc) is 2.84. The molecule has 2 heterocycles. The molecule has 1 amide bonds. The topological polar surface area (TPSA) is 138 Å². The molecule has 10 nitrogen and oxygen atoms in total. The van der Waals surface area contributed by atoms with Gasteiger partial charge in [0.25, 0.3) is 10.0 Å². The second-order valence-corrected chi connectivity index (χ2v) is 12.3. The molecule has 2 N–H and O–H groups in total. The Morgan fingerprint density at radius 3 is 2.17 bits per heavy atom. The minimum absolute atomic E-state index is 0.00804. The fourth-order valence-electron chi connectivity index (χ4n) is 3.75. The molecule has 0 unspecified atom stereocenters. The summed E-state index contributed by atoms with van der Waals surface area (Å²) in [6, 6.07) is 13.3. The average molecular weight is 550 g/mol. The van der Waals surface area contributed by atoms with E-state index in [9.17, 15) is 21.6 Å². The van der Waals surface area contributed by atoms with Crippen LogP contribution in [-0.4, -0.2) is 50.1 Å². The molecule has 2 aromatic carbocycles. The number of hydrogen-bond acceptors (Lipinski definition) is 7. The smallest absolute Gasteiger partial charge is 0.264 e. The third-order valence-corrected chi connectivity index (χ3v) is 9.24. The molecule has 1 fully saturated rings. The number of amides is 1. The summed E-state index contributed by atoms with van der Waals surface area (Å²) in [5.41, 5.74) is 1.05. The van der Waals surface area contributed by atoms with E-state index in [4.69, 9.17) is 11.6 Å². The lowest BCUT2D eigenvalue weighted by molar-refractivity contribution is -0.120. The number of nitrogens with zero attached hydrogens (tertiary/aromatic N) is 3. The minimum atomic E-state index is -3.90. The maximum atomic E-state index is 12.8. The first-order valence-electron chi connectivity index (χ1n) is 11.0. The van der Waals surface area contributed by atoms with Gasteiger partial charge in [0, 0.05) is 41.6 Å². The summed E-state index contributed by atoms with van der Waals surface area (Å²) in [5.74, 6) is -0.651. The molecule has 13 heteroatoms. The highest BCUT2D eigenvalue weighted by molar-refractivity contribution is 7.92. The largest absolute Gasteiger partial charge is 0.326 e. The van der Waals surface area contributed by atoms with E-state index in [1.54, 1.807) is 13.0 Å². The van der Waals surface area contributed by atoms with Crippen molar-refractivity contribution in [3.63, 3.8) is 0 Å². The zero-order valence-electron chi connectivity index (χ0n) is 19.3. The summed E-state index contributed by atoms with van der Waals surface area (Å²) in [6.45, 7) is 2.15. The fourth-order valence-corrected chi connectivity index (χ4v) is 6.30. The second kappa shape index (κ2) is 10.5. The first kappa shape index (κ1) is 26.0. The van der Waals surface area contributed by atoms with E-state index in [0.29, 0.717) is 29.2 Å². The van der Waals surface area contributed by atoms with Crippen LogP contribution in [0, 0.1) is 12.8 Å². The number of aryl methyl sites for hydroxylation is 1. The Bertz CT molecular complexity index is 1460. The van der Waals surface area contributed by atoms with Gasteiger partial charge >= 0.3 is 0 Å². The van der Waals surface area contributed by atoms with Gasteiger partial charge in [0.15, 0.2) is 0 Å². The molecule has 0 aliphatic carbocycles. The van der Waals surface area contributed by atoms with Crippen molar-refractivity contribution >= 4 is 49.2 Å². The van der Waals surface area contributed by atoms with Gasteiger partial charge in [-0.3, -0.25) is 4.79 Å². The number of benzene rings is 2. The van der Waals surface area contributed by atoms with E-state index in [2.05, 4.69) is 20.0 Å². The predicted octanol–water partition coefficient (Wildman–Crippen LogP) is 3.28. The van der Waals surface area contributed by atoms with E-state index < -0.39 is 20.0 Å². The summed E-state index contributed by atoms with van der Waals surface area (Å²) in [7, 11) is -7.56. The maximum absolute atomic E-state index is 12.8. The van der Waals surface area contributed by atoms with Crippen molar-refractivity contribution in [1.29, 1.82) is 0 Å². The number of sulfonamides is 2. The quantitative estimate of drug-likeness (QED) is 0.461. The zero-order valence-corrected chi connectivity index (χ0v) is 21.6. The van der Waals surface area contributed by atoms with Crippen LogP contribution in [0.2, 0.25) is 5.02 Å². The lowest BCUT2D eigenvalue weighted by Gasteiger charge is -2.30. The van der Waals surface area contributed by atoms with Crippen LogP contribution in [0.1, 0.15) is 18.5 Å². The second-order valence-electron chi connectivity index (χ2n) is 8.27. The molecule has 0 saturated carbocycles. The normalized spacial score (nSPS) is 15.4. The lowest BCUT2D eigenvalue weighted by Crippen LogP contribution is -2.41. The van der Waals surface area contributed by atoms with Crippen LogP contribution in [0.15, 0.2) is 70.6 Å². The zero-order chi connectivity index (χ0) is 25.9. The highest BCUT2D eigenvalue weighted by Crippen LogP contribution is 2.26. The van der Waals surface area contributed by atoms with Gasteiger partial charge < -0.3 is 5.32 Å². The van der Waals surface area contributed by atoms with Gasteiger partial charge in [-0.25, -0.2) is 31.5 Å². The summed E-state index contributed by atoms with van der Waals surface area (Å²) in [6.07, 6.45) is 2.19. The van der Waals surface area contributed by atoms with Crippen LogP contribution in [0.25, 0.3) is 0 Å². The van der Waals surface area contributed by atoms with Gasteiger partial charge in [-0.15, -0.1) is 0 Å². The third kappa shape index (κ3) is 6.01. The lowest BCUT2D eigenvalue weighted by atomic mass is 9.97. The summed E-state index contributed by atoms with van der Waals surface area (Å²) in [4.78, 5) is 20.8. The highest BCUT2D eigenvalue weighted by Gasteiger charge is 2.32. The van der Waals surface area contributed by atoms with Gasteiger partial charge in [-0.05, 0) is 74.4 Å². The van der Waals surface area contributed by atoms with E-state index in [-0.39, 0.29) is 40.7 Å². The van der Waals surface area contributed by atoms with Gasteiger partial charge in [0.2, 0.25) is 21.9 Å². The number of anilines is 2. The van der Waals surface area contributed by atoms with Crippen molar-refractivity contribution in [3.05, 3.63) is 71.5 Å². The molecule has 1 aliphatic rings. The van der Waals surface area contributed by atoms with Crippen molar-refractivity contribution in [3.8, 4) is 0 Å². The number of piperidine rings is 1. The number of halogens is 1. The van der Waals surface area contributed by atoms with Crippen molar-refractivity contribution in [2.24, 2.45) is 5.92 Å². The van der Waals surface area contributed by atoms with Gasteiger partial charge in [0.1, 0.15) is 0 Å². The first-order valence-corrected chi connectivity index (χ1v) is 14.3. The Morgan fingerprint density at radius 2 is 1.56 bits per heavy atom. The van der Waals surface area contributed by atoms with E-state index in [1.807, 2.05) is 0 Å². The number of rotatable bonds is 7. The van der Waals surface area contributed by atoms with Gasteiger partial charge in [0.05, 0.1) is 9.79 Å². The Hall–Kier alpha value is -3.06. The molecule has 1 aliphatic heterocycles. The van der Waals surface area contributed by atoms with Crippen molar-refractivity contribution in [2.75, 3.05) is 23.1 Å². The molecule has 190 valence electrons. The van der Waals surface area contributed by atoms with Crippen LogP contribution in [-0.2, 0) is 24.8 Å². The van der Waals surface area contributed by atoms with E-state index >= 15 is 0 Å². The molecule has 0 radical (unpaired) electrons. The summed E-state index contributed by atoms with van der Waals surface area (Å²) >= 11 is 5.85. The maximum Gasteiger partial charge on any atom is 0.264 e. The SMILES string of the molecule is Cc1ccnc(NS(=O)(=O)c2ccc(NC(=O)C3CCN(S(=O)(=O)c4ccc(Cl)cc4)CC3)cc2)n1. The highest BCUT2D eigenvalue weighted by atomic mass is 35.5. The molecule has 0 atom stereocenters. The monoisotopic (exact) mass is 549 g/mol. The van der Waals surface area contributed by atoms with Gasteiger partial charge in [-0.2, -0.15) is 4.31 Å². The van der Waals surface area contributed by atoms with Crippen molar-refractivity contribution in [2.45, 2.75) is 29.6 Å². The van der Waals surface area contributed by atoms with E-state index in [1.165, 1.54) is 59.0 Å². The first-order chi connectivity index (χ1) is 17.0. The number of carbonyl (C=O) groups is 1. The molecule has 1 saturated heterocycles. The summed E-state index contributed by atoms with van der Waals surface area (Å²) < 4.78 is 54.5. The fraction of sp³-hybridized carbons (Fsp3) is 0.261. The third-order valence-electron chi connectivity index (χ3n) is 5.73. The molecule has 0 bridgehead atoms. The number of aromatic nitrogens is 2. The molecule has 3 aromatic rings. The Kier molecular flexibility index (Phi) is 7.59. The van der Waals surface area contributed by atoms with Crippen LogP contribution >= 0.6 is 11.6 Å². The molecule has 36 heavy (non-hydrogen) atoms. The minimum Gasteiger partial charge on any atom is -0.326 e. The van der Waals surface area contributed by atoms with Crippen LogP contribution in [0.4, 0.5) is 11.6 Å². The van der Waals surface area contributed by atoms with E-state index in [0.717, 1.165) is 0 Å². The molecule has 4 rings (SSSR count). The number of hydrogen-bond donors (Lipinski definition) is 2. The van der Waals surface area contributed by atoms with Crippen LogP contribution in [0.3, 0.4) is 0 Å². The predicted molar refractivity (Wildman–Crippen MR) is 136 cm³/mol. The molecular formula is C23H24ClN5O5S2. The standard InChI is InChI=1S/C23H24ClN5O5S2/c1-16-10-13-25-23(26-16)28-35(31,32)20-8-4-19(5-9-20)27-22(30)17-11-14-29(15-12-17)36(33,34)21-6-2-18(24)3-7-21/h2-10,13,17H,11-12,14-15H2,1H3,(H,27,30)(H,25,26,28). The number of carbonyl (C=O) groups excluding carboxylic acids is 1. The number of nitrogens with one attached hydrogen (secondary N) is 2. The Balaban J connectivity index is 1.34. The van der Waals surface area contributed by atoms with Gasteiger partial charge in [-0.1, -0.05) is 11.6 Å². The molecule has 1 aromatic heterocycles. The Morgan fingerprint density at radius 1 is 0.944 bits per heavy atom. The van der Waals surface area contributed by atoms with Crippen LogP contribution in [0.5, 0.6) is 0 Å². The molecular weight excluding hydrogens is 526 g/mol. The molecule has 0 spiro atoms. The van der Waals surface area contributed by atoms with Crippen molar-refractivity contribution < 1.29 is 21.6 Å².